The first kappa shape index (κ1) is 13.2. The van der Waals surface area contributed by atoms with Gasteiger partial charge in [-0.2, -0.15) is 0 Å². The minimum Gasteiger partial charge on any atom is -0.427 e. The van der Waals surface area contributed by atoms with Crippen LogP contribution in [0.5, 0.6) is 5.75 Å². The van der Waals surface area contributed by atoms with Crippen molar-refractivity contribution in [1.29, 1.82) is 0 Å². The first-order chi connectivity index (χ1) is 8.46. The highest BCUT2D eigenvalue weighted by molar-refractivity contribution is 7.42. The van der Waals surface area contributed by atoms with Gasteiger partial charge in [0.25, 0.3) is 5.69 Å². The van der Waals surface area contributed by atoms with E-state index < -0.39 is 13.5 Å². The lowest BCUT2D eigenvalue weighted by Crippen LogP contribution is -2.28. The molecule has 98 valence electrons. The van der Waals surface area contributed by atoms with Crippen LogP contribution < -0.4 is 4.52 Å². The predicted molar refractivity (Wildman–Crippen MR) is 66.3 cm³/mol. The summed E-state index contributed by atoms with van der Waals surface area (Å²) in [7, 11) is -1.40. The summed E-state index contributed by atoms with van der Waals surface area (Å²) in [6, 6.07) is 5.84. The average Bonchev–Trinajstić information content (AvgIpc) is 2.33. The number of nitrogens with zero attached hydrogens (tertiary/aromatic N) is 1. The molecule has 1 aromatic carbocycles. The number of non-ortho nitro benzene ring substituents is 1. The third-order valence-electron chi connectivity index (χ3n) is 2.35. The fourth-order valence-electron chi connectivity index (χ4n) is 1.30. The Labute approximate surface area is 106 Å². The summed E-state index contributed by atoms with van der Waals surface area (Å²) in [6.07, 6.45) is 0. The summed E-state index contributed by atoms with van der Waals surface area (Å²) in [5, 5.41) is 10.5. The van der Waals surface area contributed by atoms with Crippen LogP contribution in [0.25, 0.3) is 0 Å². The van der Waals surface area contributed by atoms with Crippen LogP contribution in [-0.2, 0) is 9.05 Å². The molecule has 1 fully saturated rings. The molecule has 0 spiro atoms. The molecule has 0 radical (unpaired) electrons. The quantitative estimate of drug-likeness (QED) is 0.479. The average molecular weight is 271 g/mol. The highest BCUT2D eigenvalue weighted by Gasteiger charge is 2.31. The summed E-state index contributed by atoms with van der Waals surface area (Å²) >= 11 is 0. The third kappa shape index (κ3) is 3.38. The number of nitro benzene ring substituents is 1. The van der Waals surface area contributed by atoms with Gasteiger partial charge in [-0.1, -0.05) is 13.8 Å². The predicted octanol–water partition coefficient (Wildman–Crippen LogP) is 3.27. The second-order valence-corrected chi connectivity index (χ2v) is 5.92. The van der Waals surface area contributed by atoms with Crippen molar-refractivity contribution in [2.45, 2.75) is 13.8 Å². The molecule has 0 atom stereocenters. The van der Waals surface area contributed by atoms with Gasteiger partial charge in [0.15, 0.2) is 0 Å². The van der Waals surface area contributed by atoms with Crippen LogP contribution in [0.1, 0.15) is 13.8 Å². The smallest absolute Gasteiger partial charge is 0.397 e. The van der Waals surface area contributed by atoms with E-state index in [1.165, 1.54) is 24.3 Å². The SMILES string of the molecule is CC1(C)COP(Oc2ccc([N+](=O)[O-])cc2)OC1. The zero-order chi connectivity index (χ0) is 13.2. The van der Waals surface area contributed by atoms with E-state index in [4.69, 9.17) is 13.6 Å². The van der Waals surface area contributed by atoms with Gasteiger partial charge in [0.1, 0.15) is 5.75 Å². The third-order valence-corrected chi connectivity index (χ3v) is 3.39. The maximum Gasteiger partial charge on any atom is 0.397 e. The van der Waals surface area contributed by atoms with Gasteiger partial charge in [-0.05, 0) is 12.1 Å². The summed E-state index contributed by atoms with van der Waals surface area (Å²) < 4.78 is 16.4. The second kappa shape index (κ2) is 5.18. The molecule has 1 aliphatic heterocycles. The van der Waals surface area contributed by atoms with Crippen LogP contribution in [0.3, 0.4) is 0 Å². The molecule has 0 aliphatic carbocycles. The monoisotopic (exact) mass is 271 g/mol. The highest BCUT2D eigenvalue weighted by Crippen LogP contribution is 2.46. The van der Waals surface area contributed by atoms with Crippen molar-refractivity contribution in [3.63, 3.8) is 0 Å². The van der Waals surface area contributed by atoms with Gasteiger partial charge in [-0.15, -0.1) is 0 Å². The van der Waals surface area contributed by atoms with E-state index in [1.807, 2.05) is 13.8 Å². The van der Waals surface area contributed by atoms with Gasteiger partial charge < -0.3 is 13.6 Å². The Morgan fingerprint density at radius 2 is 1.83 bits per heavy atom. The summed E-state index contributed by atoms with van der Waals surface area (Å²) in [6.45, 7) is 5.24. The van der Waals surface area contributed by atoms with Crippen LogP contribution in [0.2, 0.25) is 0 Å². The molecule has 0 aromatic heterocycles. The standard InChI is InChI=1S/C11H14NO5P/c1-11(2)7-15-18(16-8-11)17-10-5-3-9(4-6-10)12(13)14/h3-6H,7-8H2,1-2H3. The Bertz CT molecular complexity index is 424. The lowest BCUT2D eigenvalue weighted by molar-refractivity contribution is -0.384. The van der Waals surface area contributed by atoms with Crippen molar-refractivity contribution >= 4 is 14.3 Å². The van der Waals surface area contributed by atoms with E-state index in [2.05, 4.69) is 0 Å². The number of rotatable bonds is 3. The van der Waals surface area contributed by atoms with E-state index in [9.17, 15) is 10.1 Å². The maximum absolute atomic E-state index is 10.5. The molecule has 1 aromatic rings. The van der Waals surface area contributed by atoms with Crippen molar-refractivity contribution in [3.05, 3.63) is 34.4 Å². The first-order valence-electron chi connectivity index (χ1n) is 5.45. The van der Waals surface area contributed by atoms with E-state index in [0.717, 1.165) is 0 Å². The number of benzene rings is 1. The molecule has 6 nitrogen and oxygen atoms in total. The number of hydrogen-bond donors (Lipinski definition) is 0. The molecule has 0 N–H and O–H groups in total. The minimum absolute atomic E-state index is 0.00231. The molecule has 0 amide bonds. The zero-order valence-electron chi connectivity index (χ0n) is 10.2. The van der Waals surface area contributed by atoms with Crippen LogP contribution in [0.4, 0.5) is 5.69 Å². The van der Waals surface area contributed by atoms with E-state index >= 15 is 0 Å². The Morgan fingerprint density at radius 1 is 1.28 bits per heavy atom. The molecule has 18 heavy (non-hydrogen) atoms. The minimum atomic E-state index is -1.40. The molecule has 0 unspecified atom stereocenters. The molecule has 1 aliphatic rings. The molecule has 7 heteroatoms. The van der Waals surface area contributed by atoms with Crippen molar-refractivity contribution in [2.24, 2.45) is 5.41 Å². The van der Waals surface area contributed by atoms with Crippen LogP contribution in [0.15, 0.2) is 24.3 Å². The normalized spacial score (nSPS) is 19.4. The molecule has 1 heterocycles. The van der Waals surface area contributed by atoms with Gasteiger partial charge in [-0.3, -0.25) is 10.1 Å². The van der Waals surface area contributed by atoms with Crippen molar-refractivity contribution in [1.82, 2.24) is 0 Å². The Kier molecular flexibility index (Phi) is 3.80. The van der Waals surface area contributed by atoms with Crippen molar-refractivity contribution < 1.29 is 18.5 Å². The van der Waals surface area contributed by atoms with Crippen LogP contribution in [0, 0.1) is 15.5 Å². The number of nitro groups is 1. The summed E-state index contributed by atoms with van der Waals surface area (Å²) in [5.41, 5.74) is 0.0271. The molecular weight excluding hydrogens is 257 g/mol. The van der Waals surface area contributed by atoms with Gasteiger partial charge in [0, 0.05) is 17.5 Å². The van der Waals surface area contributed by atoms with E-state index in [0.29, 0.717) is 19.0 Å². The topological polar surface area (TPSA) is 70.8 Å². The van der Waals surface area contributed by atoms with Crippen LogP contribution in [-0.4, -0.2) is 18.1 Å². The van der Waals surface area contributed by atoms with Crippen molar-refractivity contribution in [2.75, 3.05) is 13.2 Å². The van der Waals surface area contributed by atoms with Gasteiger partial charge in [0.2, 0.25) is 0 Å². The summed E-state index contributed by atoms with van der Waals surface area (Å²) in [5.74, 6) is 0.506. The first-order valence-corrected chi connectivity index (χ1v) is 6.54. The second-order valence-electron chi connectivity index (χ2n) is 4.78. The molecule has 2 rings (SSSR count). The molecule has 0 saturated carbocycles. The molecule has 1 saturated heterocycles. The van der Waals surface area contributed by atoms with Gasteiger partial charge in [-0.25, -0.2) is 0 Å². The lowest BCUT2D eigenvalue weighted by atomic mass is 9.97. The maximum atomic E-state index is 10.5. The Balaban J connectivity index is 1.92. The van der Waals surface area contributed by atoms with E-state index in [1.54, 1.807) is 0 Å². The summed E-state index contributed by atoms with van der Waals surface area (Å²) in [4.78, 5) is 10.0. The highest BCUT2D eigenvalue weighted by atomic mass is 31.2. The Morgan fingerprint density at radius 3 is 2.33 bits per heavy atom. The molecular formula is C11H14NO5P. The fourth-order valence-corrected chi connectivity index (χ4v) is 2.68. The lowest BCUT2D eigenvalue weighted by Gasteiger charge is -2.32. The van der Waals surface area contributed by atoms with E-state index in [-0.39, 0.29) is 11.1 Å². The molecule has 0 bridgehead atoms. The van der Waals surface area contributed by atoms with Gasteiger partial charge >= 0.3 is 8.60 Å². The largest absolute Gasteiger partial charge is 0.427 e. The zero-order valence-corrected chi connectivity index (χ0v) is 11.1. The number of hydrogen-bond acceptors (Lipinski definition) is 5. The van der Waals surface area contributed by atoms with Crippen molar-refractivity contribution in [3.8, 4) is 5.75 Å². The fraction of sp³-hybridized carbons (Fsp3) is 0.455. The Hall–Kier alpha value is -1.23. The van der Waals surface area contributed by atoms with Gasteiger partial charge in [0.05, 0.1) is 18.1 Å². The van der Waals surface area contributed by atoms with Crippen LogP contribution >= 0.6 is 8.60 Å².